The Bertz CT molecular complexity index is 33.2. The van der Waals surface area contributed by atoms with Crippen molar-refractivity contribution in [3.63, 3.8) is 0 Å². The van der Waals surface area contributed by atoms with Crippen LogP contribution in [0.1, 0.15) is 0 Å². The summed E-state index contributed by atoms with van der Waals surface area (Å²) in [6.45, 7) is 9.77. The number of unbranched alkanes of at least 4 members (excludes halogenated alkanes) is 1. The molecule has 0 amide bonds. The van der Waals surface area contributed by atoms with Crippen LogP contribution in [0.25, 0.3) is 0 Å². The predicted octanol–water partition coefficient (Wildman–Crippen LogP) is 0.382. The number of rotatable bonds is 3. The van der Waals surface area contributed by atoms with Crippen molar-refractivity contribution in [3.8, 4) is 0 Å². The van der Waals surface area contributed by atoms with E-state index in [0.29, 0.717) is 0 Å². The first-order valence-corrected chi connectivity index (χ1v) is 1.92. The molecule has 7 radical (unpaired) electrons. The standard InChI is InChI=1S/C6H7O/c1-3-4-5-6(2)7/h1-7H. The van der Waals surface area contributed by atoms with Crippen LogP contribution < -0.4 is 0 Å². The van der Waals surface area contributed by atoms with Gasteiger partial charge in [-0.3, -0.25) is 0 Å². The lowest BCUT2D eigenvalue weighted by molar-refractivity contribution is 0.255. The Morgan fingerprint density at radius 3 is 2.29 bits per heavy atom. The molecule has 0 heterocycles. The Labute approximate surface area is 45.4 Å². The quantitative estimate of drug-likeness (QED) is 0.537. The van der Waals surface area contributed by atoms with E-state index in [1.807, 2.05) is 0 Å². The van der Waals surface area contributed by atoms with Gasteiger partial charge in [0.05, 0.1) is 6.10 Å². The van der Waals surface area contributed by atoms with E-state index in [1.165, 1.54) is 19.3 Å². The highest BCUT2D eigenvalue weighted by Crippen LogP contribution is 1.92. The van der Waals surface area contributed by atoms with Crippen molar-refractivity contribution in [1.29, 1.82) is 0 Å². The van der Waals surface area contributed by atoms with Gasteiger partial charge in [0.2, 0.25) is 0 Å². The fourth-order valence-electron chi connectivity index (χ4n) is 0.178. The molecule has 0 saturated carbocycles. The Hall–Kier alpha value is -0.0400. The van der Waals surface area contributed by atoms with Gasteiger partial charge in [-0.1, -0.05) is 0 Å². The Morgan fingerprint density at radius 2 is 2.14 bits per heavy atom. The molecule has 1 heteroatoms. The molecule has 0 aromatic carbocycles. The zero-order valence-electron chi connectivity index (χ0n) is 3.91. The zero-order chi connectivity index (χ0) is 5.70. The zero-order valence-corrected chi connectivity index (χ0v) is 3.91. The third-order valence-electron chi connectivity index (χ3n) is 0.419. The van der Waals surface area contributed by atoms with Gasteiger partial charge in [-0.05, 0) is 33.1 Å². The summed E-state index contributed by atoms with van der Waals surface area (Å²) in [6, 6.07) is 0. The van der Waals surface area contributed by atoms with Crippen LogP contribution in [0.5, 0.6) is 0 Å². The van der Waals surface area contributed by atoms with Crippen LogP contribution in [0, 0.1) is 33.1 Å². The minimum absolute atomic E-state index is 0.889. The molecule has 0 spiro atoms. The second kappa shape index (κ2) is 4.13. The summed E-state index contributed by atoms with van der Waals surface area (Å²) >= 11 is 0. The molecule has 0 aliphatic heterocycles. The van der Waals surface area contributed by atoms with Crippen molar-refractivity contribution in [2.24, 2.45) is 0 Å². The van der Waals surface area contributed by atoms with Gasteiger partial charge in [-0.25, -0.2) is 0 Å². The van der Waals surface area contributed by atoms with Crippen LogP contribution in [0.2, 0.25) is 0 Å². The van der Waals surface area contributed by atoms with Crippen LogP contribution in [0.4, 0.5) is 0 Å². The molecular formula is C6H7O. The second-order valence-corrected chi connectivity index (χ2v) is 1.07. The first-order chi connectivity index (χ1) is 3.27. The van der Waals surface area contributed by atoms with Gasteiger partial charge in [-0.2, -0.15) is 0 Å². The molecule has 0 saturated heterocycles. The predicted molar refractivity (Wildman–Crippen MR) is 27.5 cm³/mol. The summed E-state index contributed by atoms with van der Waals surface area (Å²) in [4.78, 5) is 0. The topological polar surface area (TPSA) is 20.2 Å². The normalized spacial score (nSPS) is 14.1. The Morgan fingerprint density at radius 1 is 1.57 bits per heavy atom. The van der Waals surface area contributed by atoms with Crippen molar-refractivity contribution in [3.05, 3.63) is 33.1 Å². The molecule has 0 fully saturated rings. The molecular weight excluding hydrogens is 88.1 g/mol. The van der Waals surface area contributed by atoms with Crippen molar-refractivity contribution >= 4 is 0 Å². The fraction of sp³-hybridized carbons (Fsp3) is 0.167. The van der Waals surface area contributed by atoms with Crippen molar-refractivity contribution in [2.45, 2.75) is 6.10 Å². The van der Waals surface area contributed by atoms with Gasteiger partial charge < -0.3 is 5.11 Å². The number of hydrogen-bond acceptors (Lipinski definition) is 1. The number of aliphatic hydroxyl groups excluding tert-OH is 1. The minimum Gasteiger partial charge on any atom is -0.393 e. The van der Waals surface area contributed by atoms with E-state index < -0.39 is 6.10 Å². The lowest BCUT2D eigenvalue weighted by Crippen LogP contribution is -1.99. The third kappa shape index (κ3) is 5.96. The van der Waals surface area contributed by atoms with E-state index in [0.717, 1.165) is 0 Å². The van der Waals surface area contributed by atoms with Crippen molar-refractivity contribution in [2.75, 3.05) is 0 Å². The van der Waals surface area contributed by atoms with E-state index in [4.69, 9.17) is 19.0 Å². The molecule has 0 rings (SSSR count). The maximum atomic E-state index is 8.30. The average molecular weight is 95.1 g/mol. The van der Waals surface area contributed by atoms with E-state index in [9.17, 15) is 0 Å². The van der Waals surface area contributed by atoms with Crippen molar-refractivity contribution < 1.29 is 5.11 Å². The summed E-state index contributed by atoms with van der Waals surface area (Å²) in [5.41, 5.74) is 0. The number of hydrogen-bond donors (Lipinski definition) is 1. The lowest BCUT2D eigenvalue weighted by atomic mass is 10.2. The van der Waals surface area contributed by atoms with E-state index >= 15 is 0 Å². The molecule has 1 nitrogen and oxygen atoms in total. The Balaban J connectivity index is 2.68. The first kappa shape index (κ1) is 6.96. The SMILES string of the molecule is [CH][CH][CH][CH]C([CH])O. The van der Waals surface area contributed by atoms with Crippen molar-refractivity contribution in [1.82, 2.24) is 0 Å². The molecule has 0 aliphatic carbocycles. The molecule has 0 bridgehead atoms. The van der Waals surface area contributed by atoms with E-state index in [2.05, 4.69) is 0 Å². The van der Waals surface area contributed by atoms with Gasteiger partial charge in [0.1, 0.15) is 0 Å². The van der Waals surface area contributed by atoms with Gasteiger partial charge in [0, 0.05) is 0 Å². The van der Waals surface area contributed by atoms with Gasteiger partial charge >= 0.3 is 0 Å². The van der Waals surface area contributed by atoms with E-state index in [1.54, 1.807) is 0 Å². The monoisotopic (exact) mass is 95.0 g/mol. The van der Waals surface area contributed by atoms with Crippen LogP contribution in [0.15, 0.2) is 0 Å². The van der Waals surface area contributed by atoms with Gasteiger partial charge in [-0.15, -0.1) is 0 Å². The summed E-state index contributed by atoms with van der Waals surface area (Å²) in [5, 5.41) is 8.30. The molecule has 1 atom stereocenters. The first-order valence-electron chi connectivity index (χ1n) is 1.92. The molecule has 0 aliphatic rings. The van der Waals surface area contributed by atoms with Gasteiger partial charge in [0.15, 0.2) is 0 Å². The fourth-order valence-corrected chi connectivity index (χ4v) is 0.178. The molecule has 1 unspecified atom stereocenters. The third-order valence-corrected chi connectivity index (χ3v) is 0.419. The van der Waals surface area contributed by atoms with E-state index in [-0.39, 0.29) is 0 Å². The maximum absolute atomic E-state index is 8.30. The molecule has 0 aromatic rings. The summed E-state index contributed by atoms with van der Waals surface area (Å²) < 4.78 is 0. The summed E-state index contributed by atoms with van der Waals surface area (Å²) in [5.74, 6) is 0. The summed E-state index contributed by atoms with van der Waals surface area (Å²) in [7, 11) is 0. The minimum atomic E-state index is -0.889. The largest absolute Gasteiger partial charge is 0.393 e. The lowest BCUT2D eigenvalue weighted by Gasteiger charge is -1.96. The highest BCUT2D eigenvalue weighted by molar-refractivity contribution is 5.01. The highest BCUT2D eigenvalue weighted by Gasteiger charge is 1.92. The van der Waals surface area contributed by atoms with Crippen LogP contribution in [0.3, 0.4) is 0 Å². The molecule has 7 heavy (non-hydrogen) atoms. The molecule has 37 valence electrons. The average Bonchev–Trinajstić information content (AvgIpc) is 1.61. The van der Waals surface area contributed by atoms with Gasteiger partial charge in [0.25, 0.3) is 0 Å². The van der Waals surface area contributed by atoms with Crippen LogP contribution >= 0.6 is 0 Å². The Kier molecular flexibility index (Phi) is 4.10. The second-order valence-electron chi connectivity index (χ2n) is 1.07. The van der Waals surface area contributed by atoms with Crippen LogP contribution in [-0.2, 0) is 0 Å². The molecule has 1 N–H and O–H groups in total. The van der Waals surface area contributed by atoms with Crippen LogP contribution in [-0.4, -0.2) is 11.2 Å². The molecule has 0 aromatic heterocycles. The maximum Gasteiger partial charge on any atom is 0.0610 e. The smallest absolute Gasteiger partial charge is 0.0610 e. The highest BCUT2D eigenvalue weighted by atomic mass is 16.3. The number of aliphatic hydroxyl groups is 1. The summed E-state index contributed by atoms with van der Waals surface area (Å²) in [6.07, 6.45) is 3.26.